The zero-order valence-corrected chi connectivity index (χ0v) is 9.75. The number of hydrogen-bond acceptors (Lipinski definition) is 9. The fourth-order valence-electron chi connectivity index (χ4n) is 0.158. The maximum atomic E-state index is 10.3. The third-order valence-electron chi connectivity index (χ3n) is 0.704. The molecule has 0 saturated heterocycles. The van der Waals surface area contributed by atoms with Crippen LogP contribution in [0.25, 0.3) is 0 Å². The monoisotopic (exact) mass is 267 g/mol. The molecule has 0 aromatic heterocycles. The number of hydrogen-bond donors (Lipinski definition) is 2. The second kappa shape index (κ2) is 7.92. The van der Waals surface area contributed by atoms with Crippen molar-refractivity contribution in [1.29, 1.82) is 0 Å². The molecule has 0 aliphatic heterocycles. The molecule has 0 bridgehead atoms. The van der Waals surface area contributed by atoms with Crippen LogP contribution in [0.5, 0.6) is 0 Å². The molecule has 0 radical (unpaired) electrons. The van der Waals surface area contributed by atoms with Gasteiger partial charge in [0.25, 0.3) is 0 Å². The summed E-state index contributed by atoms with van der Waals surface area (Å²) in [7, 11) is -7.50. The molecule has 0 aromatic rings. The fourth-order valence-corrected chi connectivity index (χ4v) is 1.42. The third kappa shape index (κ3) is 11.6. The third-order valence-corrected chi connectivity index (χ3v) is 2.85. The molecule has 94 valence electrons. The number of aliphatic hydroxyl groups is 1. The van der Waals surface area contributed by atoms with Gasteiger partial charge < -0.3 is 10.8 Å². The van der Waals surface area contributed by atoms with Gasteiger partial charge in [0.15, 0.2) is 0 Å². The Kier molecular flexibility index (Phi) is 9.04. The predicted molar refractivity (Wildman–Crippen MR) is 49.1 cm³/mol. The van der Waals surface area contributed by atoms with E-state index in [0.29, 0.717) is 6.54 Å². The summed E-state index contributed by atoms with van der Waals surface area (Å²) in [5.41, 5.74) is 4.78. The maximum Gasteiger partial charge on any atom is 0.416 e. The van der Waals surface area contributed by atoms with E-state index in [9.17, 15) is 16.8 Å². The standard InChI is InChI=1S/C2H7NO.C2H6O7S2/c3-1-2-4;1-7-10(3,4)9-11(5,6)8-2/h4H,1-3H2;1-2H3. The van der Waals surface area contributed by atoms with Crippen LogP contribution < -0.4 is 5.73 Å². The molecule has 0 atom stereocenters. The van der Waals surface area contributed by atoms with Crippen LogP contribution in [-0.4, -0.2) is 49.3 Å². The van der Waals surface area contributed by atoms with E-state index in [1.165, 1.54) is 0 Å². The molecule has 11 heteroatoms. The van der Waals surface area contributed by atoms with E-state index >= 15 is 0 Å². The lowest BCUT2D eigenvalue weighted by Crippen LogP contribution is -2.15. The highest BCUT2D eigenvalue weighted by atomic mass is 32.3. The first-order valence-corrected chi connectivity index (χ1v) is 6.04. The highest BCUT2D eigenvalue weighted by molar-refractivity contribution is 7.95. The molecule has 0 aromatic carbocycles. The van der Waals surface area contributed by atoms with Gasteiger partial charge in [-0.2, -0.15) is 16.8 Å². The first-order chi connectivity index (χ1) is 6.74. The van der Waals surface area contributed by atoms with Gasteiger partial charge >= 0.3 is 20.8 Å². The average molecular weight is 267 g/mol. The first kappa shape index (κ1) is 17.1. The Morgan fingerprint density at radius 3 is 1.47 bits per heavy atom. The number of nitrogens with two attached hydrogens (primary N) is 1. The van der Waals surface area contributed by atoms with Gasteiger partial charge in [-0.1, -0.05) is 0 Å². The Hall–Kier alpha value is -0.300. The summed E-state index contributed by atoms with van der Waals surface area (Å²) in [5.74, 6) is 0. The van der Waals surface area contributed by atoms with Crippen LogP contribution in [0, 0.1) is 0 Å². The van der Waals surface area contributed by atoms with Crippen molar-refractivity contribution in [2.45, 2.75) is 0 Å². The molecule has 15 heavy (non-hydrogen) atoms. The molecule has 0 fully saturated rings. The van der Waals surface area contributed by atoms with Crippen molar-refractivity contribution in [3.05, 3.63) is 0 Å². The maximum absolute atomic E-state index is 10.3. The summed E-state index contributed by atoms with van der Waals surface area (Å²) in [6.45, 7) is 0.472. The molecule has 0 saturated carbocycles. The van der Waals surface area contributed by atoms with Gasteiger partial charge in [-0.15, -0.1) is 3.63 Å². The minimum atomic E-state index is -4.50. The summed E-state index contributed by atoms with van der Waals surface area (Å²) < 4.78 is 51.8. The van der Waals surface area contributed by atoms with Crippen LogP contribution in [0.4, 0.5) is 0 Å². The van der Waals surface area contributed by atoms with Crippen LogP contribution >= 0.6 is 0 Å². The quantitative estimate of drug-likeness (QED) is 0.563. The normalized spacial score (nSPS) is 11.7. The van der Waals surface area contributed by atoms with Crippen LogP contribution in [0.1, 0.15) is 0 Å². The molecule has 0 heterocycles. The lowest BCUT2D eigenvalue weighted by atomic mass is 10.8. The SMILES string of the molecule is COS(=O)(=O)OS(=O)(=O)OC.NCCO. The van der Waals surface area contributed by atoms with Crippen molar-refractivity contribution in [3.63, 3.8) is 0 Å². The molecule has 0 aliphatic carbocycles. The van der Waals surface area contributed by atoms with E-state index < -0.39 is 20.8 Å². The van der Waals surface area contributed by atoms with Crippen molar-refractivity contribution in [2.24, 2.45) is 5.73 Å². The van der Waals surface area contributed by atoms with Gasteiger partial charge in [-0.25, -0.2) is 0 Å². The minimum Gasteiger partial charge on any atom is -0.395 e. The zero-order chi connectivity index (χ0) is 12.5. The molecule has 3 N–H and O–H groups in total. The van der Waals surface area contributed by atoms with Crippen molar-refractivity contribution in [3.8, 4) is 0 Å². The van der Waals surface area contributed by atoms with E-state index in [-0.39, 0.29) is 6.61 Å². The minimum absolute atomic E-state index is 0.0972. The number of rotatable bonds is 5. The number of aliphatic hydroxyl groups excluding tert-OH is 1. The predicted octanol–water partition coefficient (Wildman–Crippen LogP) is -2.28. The second-order valence-corrected chi connectivity index (χ2v) is 4.57. The fraction of sp³-hybridized carbons (Fsp3) is 1.00. The van der Waals surface area contributed by atoms with Gasteiger partial charge in [-0.05, 0) is 0 Å². The van der Waals surface area contributed by atoms with E-state index in [2.05, 4.69) is 12.0 Å². The largest absolute Gasteiger partial charge is 0.416 e. The molecule has 0 spiro atoms. The van der Waals surface area contributed by atoms with Gasteiger partial charge in [0.1, 0.15) is 0 Å². The first-order valence-electron chi connectivity index (χ1n) is 3.37. The molecule has 0 aliphatic rings. The lowest BCUT2D eigenvalue weighted by Gasteiger charge is -1.99. The summed E-state index contributed by atoms with van der Waals surface area (Å²) in [6, 6.07) is 0. The van der Waals surface area contributed by atoms with Crippen LogP contribution in [-0.2, 0) is 32.8 Å². The van der Waals surface area contributed by atoms with Crippen molar-refractivity contribution >= 4 is 20.8 Å². The molecule has 0 amide bonds. The Morgan fingerprint density at radius 1 is 1.07 bits per heavy atom. The molecule has 0 rings (SSSR count). The van der Waals surface area contributed by atoms with Crippen molar-refractivity contribution < 1.29 is 33.9 Å². The zero-order valence-electron chi connectivity index (χ0n) is 8.11. The highest BCUT2D eigenvalue weighted by Crippen LogP contribution is 2.01. The summed E-state index contributed by atoms with van der Waals surface area (Å²) in [5, 5.41) is 7.75. The van der Waals surface area contributed by atoms with E-state index in [1.807, 2.05) is 0 Å². The Labute approximate surface area is 88.4 Å². The van der Waals surface area contributed by atoms with Crippen molar-refractivity contribution in [2.75, 3.05) is 27.4 Å². The smallest absolute Gasteiger partial charge is 0.395 e. The Morgan fingerprint density at radius 2 is 1.33 bits per heavy atom. The van der Waals surface area contributed by atoms with Gasteiger partial charge in [0.2, 0.25) is 0 Å². The van der Waals surface area contributed by atoms with E-state index in [1.54, 1.807) is 0 Å². The van der Waals surface area contributed by atoms with E-state index in [0.717, 1.165) is 14.2 Å². The van der Waals surface area contributed by atoms with Crippen LogP contribution in [0.3, 0.4) is 0 Å². The van der Waals surface area contributed by atoms with Crippen LogP contribution in [0.2, 0.25) is 0 Å². The van der Waals surface area contributed by atoms with E-state index in [4.69, 9.17) is 10.8 Å². The van der Waals surface area contributed by atoms with Gasteiger partial charge in [0.05, 0.1) is 20.8 Å². The topological polar surface area (TPSA) is 142 Å². The van der Waals surface area contributed by atoms with Crippen molar-refractivity contribution in [1.82, 2.24) is 0 Å². The molecular weight excluding hydrogens is 254 g/mol. The Balaban J connectivity index is 0. The summed E-state index contributed by atoms with van der Waals surface area (Å²) in [4.78, 5) is 0. The second-order valence-electron chi connectivity index (χ2n) is 1.73. The molecule has 9 nitrogen and oxygen atoms in total. The van der Waals surface area contributed by atoms with Gasteiger partial charge in [-0.3, -0.25) is 8.37 Å². The molecular formula is C4H13NO8S2. The van der Waals surface area contributed by atoms with Crippen LogP contribution in [0.15, 0.2) is 0 Å². The highest BCUT2D eigenvalue weighted by Gasteiger charge is 2.21. The Bertz CT molecular complexity index is 298. The summed E-state index contributed by atoms with van der Waals surface area (Å²) in [6.07, 6.45) is 0. The molecule has 0 unspecified atom stereocenters. The lowest BCUT2D eigenvalue weighted by molar-refractivity contribution is 0.289. The van der Waals surface area contributed by atoms with Gasteiger partial charge in [0, 0.05) is 6.54 Å². The summed E-state index contributed by atoms with van der Waals surface area (Å²) >= 11 is 0. The average Bonchev–Trinajstić information content (AvgIpc) is 2.17.